The second-order valence-electron chi connectivity index (χ2n) is 5.30. The van der Waals surface area contributed by atoms with Crippen LogP contribution in [0.2, 0.25) is 0 Å². The predicted molar refractivity (Wildman–Crippen MR) is 80.1 cm³/mol. The van der Waals surface area contributed by atoms with Crippen molar-refractivity contribution in [1.82, 2.24) is 10.6 Å². The van der Waals surface area contributed by atoms with Crippen LogP contribution in [-0.4, -0.2) is 25.7 Å². The van der Waals surface area contributed by atoms with E-state index >= 15 is 0 Å². The summed E-state index contributed by atoms with van der Waals surface area (Å²) in [6, 6.07) is 9.41. The summed E-state index contributed by atoms with van der Waals surface area (Å²) in [7, 11) is 0. The van der Waals surface area contributed by atoms with Gasteiger partial charge in [-0.25, -0.2) is 0 Å². The van der Waals surface area contributed by atoms with Gasteiger partial charge in [0.15, 0.2) is 0 Å². The molecule has 1 rings (SSSR count). The van der Waals surface area contributed by atoms with Crippen molar-refractivity contribution in [3.8, 4) is 0 Å². The van der Waals surface area contributed by atoms with Gasteiger partial charge >= 0.3 is 0 Å². The average Bonchev–Trinajstić information content (AvgIpc) is 2.32. The van der Waals surface area contributed by atoms with Gasteiger partial charge in [0.2, 0.25) is 0 Å². The average molecular weight is 248 g/mol. The van der Waals surface area contributed by atoms with Crippen LogP contribution in [0.3, 0.4) is 0 Å². The Morgan fingerprint density at radius 3 is 2.56 bits per heavy atom. The first-order valence-electron chi connectivity index (χ1n) is 7.18. The minimum atomic E-state index is 0.603. The number of nitrogens with one attached hydrogen (secondary N) is 2. The Morgan fingerprint density at radius 1 is 1.06 bits per heavy atom. The molecule has 0 amide bonds. The first-order valence-corrected chi connectivity index (χ1v) is 7.18. The second kappa shape index (κ2) is 9.12. The molecule has 0 aliphatic rings. The van der Waals surface area contributed by atoms with Gasteiger partial charge < -0.3 is 10.6 Å². The lowest BCUT2D eigenvalue weighted by Gasteiger charge is -2.08. The van der Waals surface area contributed by atoms with Crippen molar-refractivity contribution < 1.29 is 0 Å². The first-order chi connectivity index (χ1) is 8.68. The molecule has 0 radical (unpaired) electrons. The summed E-state index contributed by atoms with van der Waals surface area (Å²) in [5.74, 6) is 0. The maximum atomic E-state index is 3.50. The van der Waals surface area contributed by atoms with E-state index in [2.05, 4.69) is 55.7 Å². The summed E-state index contributed by atoms with van der Waals surface area (Å²) in [4.78, 5) is 0. The van der Waals surface area contributed by atoms with E-state index < -0.39 is 0 Å². The summed E-state index contributed by atoms with van der Waals surface area (Å²) in [5, 5.41) is 6.93. The molecule has 0 fully saturated rings. The third kappa shape index (κ3) is 7.46. The van der Waals surface area contributed by atoms with Crippen LogP contribution < -0.4 is 10.6 Å². The molecule has 1 aromatic rings. The molecule has 2 nitrogen and oxygen atoms in total. The van der Waals surface area contributed by atoms with Crippen LogP contribution in [0, 0.1) is 6.92 Å². The van der Waals surface area contributed by atoms with Crippen LogP contribution in [0.4, 0.5) is 0 Å². The van der Waals surface area contributed by atoms with Gasteiger partial charge in [0.25, 0.3) is 0 Å². The van der Waals surface area contributed by atoms with Gasteiger partial charge in [-0.05, 0) is 51.4 Å². The van der Waals surface area contributed by atoms with Gasteiger partial charge in [0.1, 0.15) is 0 Å². The monoisotopic (exact) mass is 248 g/mol. The number of hydrogen-bond acceptors (Lipinski definition) is 2. The Bertz CT molecular complexity index is 321. The predicted octanol–water partition coefficient (Wildman–Crippen LogP) is 2.91. The van der Waals surface area contributed by atoms with Crippen LogP contribution in [-0.2, 0) is 6.42 Å². The van der Waals surface area contributed by atoms with Crippen LogP contribution >= 0.6 is 0 Å². The molecule has 0 saturated heterocycles. The summed E-state index contributed by atoms with van der Waals surface area (Å²) in [5.41, 5.74) is 2.82. The lowest BCUT2D eigenvalue weighted by molar-refractivity contribution is 0.544. The Balaban J connectivity index is 1.96. The molecule has 0 aliphatic carbocycles. The maximum Gasteiger partial charge on any atom is 0.00103 e. The topological polar surface area (TPSA) is 24.1 Å². The van der Waals surface area contributed by atoms with Crippen molar-refractivity contribution >= 4 is 0 Å². The minimum Gasteiger partial charge on any atom is -0.317 e. The van der Waals surface area contributed by atoms with Gasteiger partial charge in [0.05, 0.1) is 0 Å². The molecule has 102 valence electrons. The van der Waals surface area contributed by atoms with E-state index in [0.717, 1.165) is 19.6 Å². The van der Waals surface area contributed by atoms with Crippen molar-refractivity contribution in [1.29, 1.82) is 0 Å². The highest BCUT2D eigenvalue weighted by atomic mass is 14.9. The van der Waals surface area contributed by atoms with E-state index in [4.69, 9.17) is 0 Å². The molecule has 0 heterocycles. The zero-order valence-electron chi connectivity index (χ0n) is 12.1. The molecule has 2 N–H and O–H groups in total. The van der Waals surface area contributed by atoms with Crippen molar-refractivity contribution in [3.63, 3.8) is 0 Å². The van der Waals surface area contributed by atoms with Gasteiger partial charge in [-0.15, -0.1) is 0 Å². The largest absolute Gasteiger partial charge is 0.317 e. The summed E-state index contributed by atoms with van der Waals surface area (Å²) < 4.78 is 0. The molecule has 0 spiro atoms. The fraction of sp³-hybridized carbons (Fsp3) is 0.625. The Kier molecular flexibility index (Phi) is 7.70. The van der Waals surface area contributed by atoms with E-state index in [0.29, 0.717) is 6.04 Å². The number of rotatable bonds is 9. The highest BCUT2D eigenvalue weighted by molar-refractivity contribution is 5.22. The van der Waals surface area contributed by atoms with Crippen LogP contribution in [0.25, 0.3) is 0 Å². The number of hydrogen-bond donors (Lipinski definition) is 2. The summed E-state index contributed by atoms with van der Waals surface area (Å²) in [6.45, 7) is 9.89. The quantitative estimate of drug-likeness (QED) is 0.657. The van der Waals surface area contributed by atoms with Gasteiger partial charge in [0, 0.05) is 6.04 Å². The van der Waals surface area contributed by atoms with Gasteiger partial charge in [-0.1, -0.05) is 43.7 Å². The van der Waals surface area contributed by atoms with Crippen molar-refractivity contribution in [2.75, 3.05) is 19.6 Å². The first kappa shape index (κ1) is 15.2. The molecule has 0 atom stereocenters. The number of benzene rings is 1. The number of aryl methyl sites for hydroxylation is 2. The molecular formula is C16H28N2. The SMILES string of the molecule is Cc1cccc(CCCNCCCNC(C)C)c1. The van der Waals surface area contributed by atoms with Crippen molar-refractivity contribution in [3.05, 3.63) is 35.4 Å². The van der Waals surface area contributed by atoms with E-state index in [1.807, 2.05) is 0 Å². The molecule has 0 unspecified atom stereocenters. The Morgan fingerprint density at radius 2 is 1.83 bits per heavy atom. The van der Waals surface area contributed by atoms with E-state index in [1.165, 1.54) is 30.4 Å². The molecular weight excluding hydrogens is 220 g/mol. The minimum absolute atomic E-state index is 0.603. The summed E-state index contributed by atoms with van der Waals surface area (Å²) >= 11 is 0. The molecule has 2 heteroatoms. The molecule has 18 heavy (non-hydrogen) atoms. The molecule has 0 bridgehead atoms. The van der Waals surface area contributed by atoms with Crippen LogP contribution in [0.5, 0.6) is 0 Å². The maximum absolute atomic E-state index is 3.50. The van der Waals surface area contributed by atoms with E-state index in [1.54, 1.807) is 0 Å². The highest BCUT2D eigenvalue weighted by Crippen LogP contribution is 2.05. The van der Waals surface area contributed by atoms with Gasteiger partial charge in [-0.3, -0.25) is 0 Å². The van der Waals surface area contributed by atoms with E-state index in [9.17, 15) is 0 Å². The van der Waals surface area contributed by atoms with E-state index in [-0.39, 0.29) is 0 Å². The third-order valence-corrected chi connectivity index (χ3v) is 2.98. The highest BCUT2D eigenvalue weighted by Gasteiger charge is 1.94. The van der Waals surface area contributed by atoms with Crippen molar-refractivity contribution in [2.45, 2.75) is 46.1 Å². The molecule has 1 aromatic carbocycles. The van der Waals surface area contributed by atoms with Crippen LogP contribution in [0.1, 0.15) is 37.8 Å². The normalized spacial score (nSPS) is 11.1. The standard InChI is InChI=1S/C16H28N2/c1-14(2)18-12-6-11-17-10-5-9-16-8-4-7-15(3)13-16/h4,7-8,13-14,17-18H,5-6,9-12H2,1-3H3. The van der Waals surface area contributed by atoms with Crippen LogP contribution in [0.15, 0.2) is 24.3 Å². The lowest BCUT2D eigenvalue weighted by atomic mass is 10.1. The zero-order valence-corrected chi connectivity index (χ0v) is 12.1. The second-order valence-corrected chi connectivity index (χ2v) is 5.30. The van der Waals surface area contributed by atoms with Gasteiger partial charge in [-0.2, -0.15) is 0 Å². The zero-order chi connectivity index (χ0) is 13.2. The smallest absolute Gasteiger partial charge is 0.00103 e. The Hall–Kier alpha value is -0.860. The molecule has 0 aromatic heterocycles. The fourth-order valence-electron chi connectivity index (χ4n) is 2.01. The molecule has 0 saturated carbocycles. The molecule has 0 aliphatic heterocycles. The van der Waals surface area contributed by atoms with Crippen molar-refractivity contribution in [2.24, 2.45) is 0 Å². The lowest BCUT2D eigenvalue weighted by Crippen LogP contribution is -2.27. The summed E-state index contributed by atoms with van der Waals surface area (Å²) in [6.07, 6.45) is 3.61. The fourth-order valence-corrected chi connectivity index (χ4v) is 2.01. The third-order valence-electron chi connectivity index (χ3n) is 2.98. The Labute approximate surface area is 112 Å².